The molecule has 6 heteroatoms. The molecule has 0 bridgehead atoms. The van der Waals surface area contributed by atoms with Crippen molar-refractivity contribution >= 4 is 11.9 Å². The van der Waals surface area contributed by atoms with Crippen LogP contribution in [0.1, 0.15) is 316 Å². The Morgan fingerprint density at radius 1 is 0.415 bits per heavy atom. The topological polar surface area (TPSA) is 95.9 Å². The molecule has 0 aliphatic heterocycles. The quantitative estimate of drug-likeness (QED) is 0.0321. The van der Waals surface area contributed by atoms with Crippen molar-refractivity contribution in [2.24, 2.45) is 0 Å². The molecule has 0 spiro atoms. The first-order chi connectivity index (χ1) is 32.0. The third-order valence-corrected chi connectivity index (χ3v) is 13.5. The Kier molecular flexibility index (Phi) is 53.5. The molecule has 384 valence electrons. The molecule has 1 amide bonds. The molecule has 0 saturated heterocycles. The van der Waals surface area contributed by atoms with Crippen LogP contribution in [0, 0.1) is 0 Å². The average Bonchev–Trinajstić information content (AvgIpc) is 3.31. The molecule has 0 aliphatic carbocycles. The Bertz CT molecular complexity index is 1010. The van der Waals surface area contributed by atoms with Crippen LogP contribution in [-0.4, -0.2) is 47.4 Å². The summed E-state index contributed by atoms with van der Waals surface area (Å²) in [7, 11) is 0. The van der Waals surface area contributed by atoms with E-state index in [2.05, 4.69) is 31.3 Å². The molecule has 3 N–H and O–H groups in total. The van der Waals surface area contributed by atoms with E-state index in [1.807, 2.05) is 6.08 Å². The summed E-state index contributed by atoms with van der Waals surface area (Å²) in [6.45, 7) is 4.88. The summed E-state index contributed by atoms with van der Waals surface area (Å²) in [6.07, 6.45) is 66.4. The lowest BCUT2D eigenvalue weighted by Gasteiger charge is -2.20. The van der Waals surface area contributed by atoms with Crippen molar-refractivity contribution in [2.45, 2.75) is 328 Å². The molecule has 2 atom stereocenters. The van der Waals surface area contributed by atoms with E-state index in [9.17, 15) is 19.8 Å². The van der Waals surface area contributed by atoms with Gasteiger partial charge in [-0.3, -0.25) is 9.59 Å². The van der Waals surface area contributed by atoms with E-state index in [1.54, 1.807) is 6.08 Å². The van der Waals surface area contributed by atoms with E-state index in [0.717, 1.165) is 44.9 Å². The van der Waals surface area contributed by atoms with Crippen LogP contribution in [0.2, 0.25) is 0 Å². The van der Waals surface area contributed by atoms with Gasteiger partial charge in [-0.1, -0.05) is 269 Å². The number of amides is 1. The van der Waals surface area contributed by atoms with Gasteiger partial charge in [0.25, 0.3) is 0 Å². The summed E-state index contributed by atoms with van der Waals surface area (Å²) in [5, 5.41) is 23.0. The molecule has 0 radical (unpaired) electrons. The minimum Gasteiger partial charge on any atom is -0.466 e. The molecule has 65 heavy (non-hydrogen) atoms. The molecule has 0 fully saturated rings. The summed E-state index contributed by atoms with van der Waals surface area (Å²) < 4.78 is 5.46. The van der Waals surface area contributed by atoms with Gasteiger partial charge in [-0.2, -0.15) is 0 Å². The van der Waals surface area contributed by atoms with Crippen LogP contribution in [0.4, 0.5) is 0 Å². The molecule has 2 unspecified atom stereocenters. The number of aliphatic hydroxyl groups is 2. The third kappa shape index (κ3) is 51.6. The van der Waals surface area contributed by atoms with Crippen LogP contribution >= 0.6 is 0 Å². The van der Waals surface area contributed by atoms with Gasteiger partial charge in [0.15, 0.2) is 0 Å². The standard InChI is InChI=1S/C59H113NO5/c1-3-5-7-9-11-13-15-31-35-39-43-47-51-57(62)56(55-61)60-58(63)52-48-44-40-36-32-29-27-25-23-21-19-17-18-20-22-24-26-28-30-34-38-42-46-50-54-65-59(64)53-49-45-41-37-33-16-14-12-10-8-6-4-2/h12,14,47,51,56-57,61-62H,3-11,13,15-46,48-50,52-55H2,1-2H3,(H,60,63)/b14-12-,51-47+. The van der Waals surface area contributed by atoms with Crippen molar-refractivity contribution in [1.29, 1.82) is 0 Å². The molecule has 0 aromatic heterocycles. The zero-order valence-corrected chi connectivity index (χ0v) is 43.7. The van der Waals surface area contributed by atoms with Gasteiger partial charge in [-0.15, -0.1) is 0 Å². The normalized spacial score (nSPS) is 12.7. The first kappa shape index (κ1) is 63.3. The number of rotatable bonds is 54. The smallest absolute Gasteiger partial charge is 0.305 e. The second-order valence-electron chi connectivity index (χ2n) is 20.0. The van der Waals surface area contributed by atoms with E-state index in [-0.39, 0.29) is 18.5 Å². The van der Waals surface area contributed by atoms with Gasteiger partial charge in [0.05, 0.1) is 25.4 Å². The zero-order chi connectivity index (χ0) is 47.2. The maximum atomic E-state index is 12.4. The highest BCUT2D eigenvalue weighted by molar-refractivity contribution is 5.76. The largest absolute Gasteiger partial charge is 0.466 e. The van der Waals surface area contributed by atoms with Crippen molar-refractivity contribution in [2.75, 3.05) is 13.2 Å². The number of aliphatic hydroxyl groups excluding tert-OH is 2. The van der Waals surface area contributed by atoms with Crippen molar-refractivity contribution in [3.05, 3.63) is 24.3 Å². The first-order valence-electron chi connectivity index (χ1n) is 29.1. The van der Waals surface area contributed by atoms with Gasteiger partial charge in [0.2, 0.25) is 5.91 Å². The summed E-state index contributed by atoms with van der Waals surface area (Å²) in [5.74, 6) is -0.0622. The van der Waals surface area contributed by atoms with Gasteiger partial charge in [0, 0.05) is 12.8 Å². The zero-order valence-electron chi connectivity index (χ0n) is 43.7. The fourth-order valence-corrected chi connectivity index (χ4v) is 8.98. The fraction of sp³-hybridized carbons (Fsp3) is 0.898. The molecule has 6 nitrogen and oxygen atoms in total. The fourth-order valence-electron chi connectivity index (χ4n) is 8.98. The molecule has 0 aliphatic rings. The van der Waals surface area contributed by atoms with E-state index >= 15 is 0 Å². The number of ether oxygens (including phenoxy) is 1. The first-order valence-corrected chi connectivity index (χ1v) is 29.1. The SMILES string of the molecule is CCCCC/C=C\CCCCCCCC(=O)OCCCCCCCCCCCCCCCCCCCCCCCCCCC(=O)NC(CO)C(O)/C=C/CCCCCCCCCCCC. The number of esters is 1. The van der Waals surface area contributed by atoms with Crippen LogP contribution in [0.5, 0.6) is 0 Å². The lowest BCUT2D eigenvalue weighted by molar-refractivity contribution is -0.143. The molecule has 0 aromatic rings. The Morgan fingerprint density at radius 2 is 0.723 bits per heavy atom. The third-order valence-electron chi connectivity index (χ3n) is 13.5. The summed E-state index contributed by atoms with van der Waals surface area (Å²) in [6, 6.07) is -0.625. The van der Waals surface area contributed by atoms with Crippen LogP contribution in [-0.2, 0) is 14.3 Å². The highest BCUT2D eigenvalue weighted by Gasteiger charge is 2.18. The minimum atomic E-state index is -0.842. The van der Waals surface area contributed by atoms with E-state index < -0.39 is 12.1 Å². The van der Waals surface area contributed by atoms with Gasteiger partial charge >= 0.3 is 5.97 Å². The van der Waals surface area contributed by atoms with Crippen molar-refractivity contribution in [3.8, 4) is 0 Å². The number of carbonyl (C=O) groups is 2. The Balaban J connectivity index is 3.37. The van der Waals surface area contributed by atoms with Crippen LogP contribution in [0.15, 0.2) is 24.3 Å². The molecular formula is C59H113NO5. The number of hydrogen-bond donors (Lipinski definition) is 3. The van der Waals surface area contributed by atoms with E-state index in [1.165, 1.54) is 244 Å². The number of carbonyl (C=O) groups excluding carboxylic acids is 2. The molecule has 0 aromatic carbocycles. The van der Waals surface area contributed by atoms with E-state index in [0.29, 0.717) is 19.4 Å². The van der Waals surface area contributed by atoms with Crippen molar-refractivity contribution in [3.63, 3.8) is 0 Å². The van der Waals surface area contributed by atoms with Crippen molar-refractivity contribution in [1.82, 2.24) is 5.32 Å². The van der Waals surface area contributed by atoms with Crippen LogP contribution in [0.25, 0.3) is 0 Å². The Hall–Kier alpha value is -1.66. The van der Waals surface area contributed by atoms with Gasteiger partial charge in [-0.05, 0) is 57.8 Å². The number of unbranched alkanes of at least 4 members (excludes halogenated alkanes) is 41. The van der Waals surface area contributed by atoms with Gasteiger partial charge < -0.3 is 20.3 Å². The monoisotopic (exact) mass is 916 g/mol. The second-order valence-corrected chi connectivity index (χ2v) is 20.0. The van der Waals surface area contributed by atoms with Crippen LogP contribution in [0.3, 0.4) is 0 Å². The second kappa shape index (κ2) is 54.9. The highest BCUT2D eigenvalue weighted by Crippen LogP contribution is 2.17. The van der Waals surface area contributed by atoms with Crippen LogP contribution < -0.4 is 5.32 Å². The van der Waals surface area contributed by atoms with Gasteiger partial charge in [-0.25, -0.2) is 0 Å². The predicted octanol–water partition coefficient (Wildman–Crippen LogP) is 17.9. The summed E-state index contributed by atoms with van der Waals surface area (Å²) >= 11 is 0. The molecule has 0 heterocycles. The van der Waals surface area contributed by atoms with E-state index in [4.69, 9.17) is 4.74 Å². The predicted molar refractivity (Wildman–Crippen MR) is 283 cm³/mol. The van der Waals surface area contributed by atoms with Crippen molar-refractivity contribution < 1.29 is 24.5 Å². The number of allylic oxidation sites excluding steroid dienone is 3. The number of nitrogens with one attached hydrogen (secondary N) is 1. The maximum absolute atomic E-state index is 12.4. The molecule has 0 saturated carbocycles. The average molecular weight is 917 g/mol. The summed E-state index contributed by atoms with van der Waals surface area (Å²) in [5.41, 5.74) is 0. The minimum absolute atomic E-state index is 0.00476. The molecule has 0 rings (SSSR count). The molecular weight excluding hydrogens is 803 g/mol. The lowest BCUT2D eigenvalue weighted by Crippen LogP contribution is -2.45. The summed E-state index contributed by atoms with van der Waals surface area (Å²) in [4.78, 5) is 24.4. The maximum Gasteiger partial charge on any atom is 0.305 e. The Morgan fingerprint density at radius 3 is 1.12 bits per heavy atom. The lowest BCUT2D eigenvalue weighted by atomic mass is 10.0. The Labute approximate surface area is 405 Å². The van der Waals surface area contributed by atoms with Gasteiger partial charge in [0.1, 0.15) is 0 Å². The number of hydrogen-bond acceptors (Lipinski definition) is 5. The highest BCUT2D eigenvalue weighted by atomic mass is 16.5.